The second-order valence-corrected chi connectivity index (χ2v) is 15.1. The largest absolute Gasteiger partial charge is 0.465 e. The molecule has 0 fully saturated rings. The van der Waals surface area contributed by atoms with Crippen molar-refractivity contribution >= 4 is 11.9 Å². The predicted octanol–water partition coefficient (Wildman–Crippen LogP) is 10.9. The molecule has 0 bridgehead atoms. The number of ether oxygens (including phenoxy) is 2. The first-order valence-corrected chi connectivity index (χ1v) is 19.8. The topological polar surface area (TPSA) is 93.1 Å². The first-order chi connectivity index (χ1) is 23.1. The molecule has 4 atom stereocenters. The van der Waals surface area contributed by atoms with Gasteiger partial charge in [-0.05, 0) is 70.3 Å². The Morgan fingerprint density at radius 2 is 1.10 bits per heavy atom. The number of unbranched alkanes of at least 4 members (excludes halogenated alkanes) is 16. The maximum Gasteiger partial charge on any atom is 0.311 e. The Bertz CT molecular complexity index is 935. The van der Waals surface area contributed by atoms with Crippen LogP contribution in [0.2, 0.25) is 0 Å². The zero-order valence-corrected chi connectivity index (χ0v) is 31.7. The molecule has 0 heterocycles. The van der Waals surface area contributed by atoms with Gasteiger partial charge in [-0.25, -0.2) is 0 Å². The van der Waals surface area contributed by atoms with E-state index in [0.29, 0.717) is 45.1 Å². The normalized spacial score (nSPS) is 15.3. The van der Waals surface area contributed by atoms with Gasteiger partial charge in [-0.3, -0.25) is 9.59 Å². The minimum Gasteiger partial charge on any atom is -0.465 e. The highest BCUT2D eigenvalue weighted by molar-refractivity contribution is 5.80. The molecule has 0 aromatic heterocycles. The summed E-state index contributed by atoms with van der Waals surface area (Å²) in [7, 11) is 0. The molecule has 0 aliphatic carbocycles. The van der Waals surface area contributed by atoms with Gasteiger partial charge in [0.1, 0.15) is 0 Å². The van der Waals surface area contributed by atoms with Crippen molar-refractivity contribution < 1.29 is 29.3 Å². The molecule has 1 aromatic rings. The summed E-state index contributed by atoms with van der Waals surface area (Å²) in [5.74, 6) is -0.417. The van der Waals surface area contributed by atoms with Gasteiger partial charge in [-0.15, -0.1) is 0 Å². The molecular weight excluding hydrogens is 600 g/mol. The predicted molar refractivity (Wildman–Crippen MR) is 199 cm³/mol. The minimum absolute atomic E-state index is 0.102. The molecule has 0 aliphatic rings. The summed E-state index contributed by atoms with van der Waals surface area (Å²) in [4.78, 5) is 27.1. The SMILES string of the molecule is CCCCCCCCCCCCCCCCCCOC(=O)C(C)(CC)CC(C)(CC(C)c1ccccc1)C(=O)OCCCCC(O)CO. The van der Waals surface area contributed by atoms with E-state index in [1.165, 1.54) is 89.9 Å². The number of aliphatic hydroxyl groups is 2. The Hall–Kier alpha value is -1.92. The molecule has 1 aromatic carbocycles. The second kappa shape index (κ2) is 26.9. The van der Waals surface area contributed by atoms with Crippen LogP contribution in [0.5, 0.6) is 0 Å². The zero-order chi connectivity index (χ0) is 35.5. The number of hydrogen-bond donors (Lipinski definition) is 2. The van der Waals surface area contributed by atoms with Gasteiger partial charge in [-0.1, -0.05) is 147 Å². The number of carbonyl (C=O) groups is 2. The van der Waals surface area contributed by atoms with Gasteiger partial charge in [-0.2, -0.15) is 0 Å². The summed E-state index contributed by atoms with van der Waals surface area (Å²) in [6, 6.07) is 10.2. The molecule has 4 unspecified atom stereocenters. The van der Waals surface area contributed by atoms with Gasteiger partial charge in [0.05, 0.1) is 36.8 Å². The average molecular weight is 675 g/mol. The highest BCUT2D eigenvalue weighted by atomic mass is 16.5. The monoisotopic (exact) mass is 675 g/mol. The third-order valence-corrected chi connectivity index (χ3v) is 10.3. The Morgan fingerprint density at radius 3 is 1.56 bits per heavy atom. The van der Waals surface area contributed by atoms with Crippen molar-refractivity contribution in [1.29, 1.82) is 0 Å². The first-order valence-electron chi connectivity index (χ1n) is 19.8. The molecule has 6 nitrogen and oxygen atoms in total. The molecule has 0 saturated carbocycles. The molecule has 48 heavy (non-hydrogen) atoms. The Labute approximate surface area is 295 Å². The average Bonchev–Trinajstić information content (AvgIpc) is 3.09. The van der Waals surface area contributed by atoms with E-state index in [1.54, 1.807) is 0 Å². The maximum absolute atomic E-state index is 13.7. The van der Waals surface area contributed by atoms with E-state index in [4.69, 9.17) is 14.6 Å². The highest BCUT2D eigenvalue weighted by Gasteiger charge is 2.46. The minimum atomic E-state index is -0.877. The smallest absolute Gasteiger partial charge is 0.311 e. The van der Waals surface area contributed by atoms with Crippen LogP contribution in [0.15, 0.2) is 30.3 Å². The second-order valence-electron chi connectivity index (χ2n) is 15.1. The number of hydrogen-bond acceptors (Lipinski definition) is 6. The van der Waals surface area contributed by atoms with Crippen molar-refractivity contribution in [3.05, 3.63) is 35.9 Å². The van der Waals surface area contributed by atoms with E-state index in [1.807, 2.05) is 39.0 Å². The molecule has 0 radical (unpaired) electrons. The summed E-state index contributed by atoms with van der Waals surface area (Å²) < 4.78 is 11.6. The number of carbonyl (C=O) groups excluding carboxylic acids is 2. The molecule has 0 aliphatic heterocycles. The summed E-state index contributed by atoms with van der Waals surface area (Å²) >= 11 is 0. The molecule has 278 valence electrons. The van der Waals surface area contributed by atoms with Crippen LogP contribution in [0.4, 0.5) is 0 Å². The Kier molecular flexibility index (Phi) is 24.7. The molecule has 0 spiro atoms. The standard InChI is InChI=1S/C42H74O6/c1-6-8-9-10-11-12-13-14-15-16-17-18-19-20-21-26-31-47-39(45)41(4,7-2)35-42(5,33-36(3)37-28-23-22-24-29-37)40(46)48-32-27-25-30-38(44)34-43/h22-24,28-29,36,38,43-44H,6-21,25-27,30-35H2,1-5H3. The van der Waals surface area contributed by atoms with E-state index in [0.717, 1.165) is 18.4 Å². The molecule has 1 rings (SSSR count). The first kappa shape index (κ1) is 44.1. The van der Waals surface area contributed by atoms with Crippen molar-refractivity contribution in [2.75, 3.05) is 19.8 Å². The maximum atomic E-state index is 13.7. The summed E-state index contributed by atoms with van der Waals surface area (Å²) in [5, 5.41) is 18.6. The molecule has 6 heteroatoms. The molecule has 0 saturated heterocycles. The fourth-order valence-corrected chi connectivity index (χ4v) is 6.91. The van der Waals surface area contributed by atoms with E-state index in [2.05, 4.69) is 26.0 Å². The molecule has 2 N–H and O–H groups in total. The van der Waals surface area contributed by atoms with Crippen molar-refractivity contribution in [2.45, 2.75) is 188 Å². The van der Waals surface area contributed by atoms with Crippen LogP contribution in [0, 0.1) is 10.8 Å². The van der Waals surface area contributed by atoms with Crippen LogP contribution < -0.4 is 0 Å². The fourth-order valence-electron chi connectivity index (χ4n) is 6.91. The molecule has 0 amide bonds. The zero-order valence-electron chi connectivity index (χ0n) is 31.7. The number of benzene rings is 1. The number of esters is 2. The quantitative estimate of drug-likeness (QED) is 0.0601. The lowest BCUT2D eigenvalue weighted by Gasteiger charge is -2.37. The van der Waals surface area contributed by atoms with E-state index >= 15 is 0 Å². The van der Waals surface area contributed by atoms with E-state index < -0.39 is 16.9 Å². The van der Waals surface area contributed by atoms with Gasteiger partial charge in [0.2, 0.25) is 0 Å². The fraction of sp³-hybridized carbons (Fsp3) is 0.810. The van der Waals surface area contributed by atoms with Crippen LogP contribution in [0.25, 0.3) is 0 Å². The van der Waals surface area contributed by atoms with Crippen molar-refractivity contribution in [2.24, 2.45) is 10.8 Å². The lowest BCUT2D eigenvalue weighted by molar-refractivity contribution is -0.165. The summed E-state index contributed by atoms with van der Waals surface area (Å²) in [6.07, 6.45) is 23.4. The lowest BCUT2D eigenvalue weighted by Crippen LogP contribution is -2.41. The Balaban J connectivity index is 2.49. The third kappa shape index (κ3) is 19.3. The van der Waals surface area contributed by atoms with Gasteiger partial charge < -0.3 is 19.7 Å². The third-order valence-electron chi connectivity index (χ3n) is 10.3. The lowest BCUT2D eigenvalue weighted by atomic mass is 9.67. The van der Waals surface area contributed by atoms with Crippen LogP contribution in [-0.4, -0.2) is 48.1 Å². The van der Waals surface area contributed by atoms with Crippen LogP contribution >= 0.6 is 0 Å². The van der Waals surface area contributed by atoms with Crippen molar-refractivity contribution in [1.82, 2.24) is 0 Å². The molecular formula is C42H74O6. The number of rotatable bonds is 31. The van der Waals surface area contributed by atoms with Crippen LogP contribution in [0.1, 0.15) is 187 Å². The van der Waals surface area contributed by atoms with Crippen LogP contribution in [-0.2, 0) is 19.1 Å². The van der Waals surface area contributed by atoms with Gasteiger partial charge in [0, 0.05) is 0 Å². The van der Waals surface area contributed by atoms with Crippen molar-refractivity contribution in [3.8, 4) is 0 Å². The highest BCUT2D eigenvalue weighted by Crippen LogP contribution is 2.44. The van der Waals surface area contributed by atoms with Gasteiger partial charge in [0.15, 0.2) is 0 Å². The van der Waals surface area contributed by atoms with Crippen LogP contribution in [0.3, 0.4) is 0 Å². The van der Waals surface area contributed by atoms with Gasteiger partial charge in [0.25, 0.3) is 0 Å². The number of aliphatic hydroxyl groups excluding tert-OH is 2. The van der Waals surface area contributed by atoms with E-state index in [-0.39, 0.29) is 31.1 Å². The summed E-state index contributed by atoms with van der Waals surface area (Å²) in [6.45, 7) is 10.7. The Morgan fingerprint density at radius 1 is 0.667 bits per heavy atom. The van der Waals surface area contributed by atoms with E-state index in [9.17, 15) is 14.7 Å². The van der Waals surface area contributed by atoms with Crippen molar-refractivity contribution in [3.63, 3.8) is 0 Å². The van der Waals surface area contributed by atoms with Gasteiger partial charge >= 0.3 is 11.9 Å². The summed E-state index contributed by atoms with van der Waals surface area (Å²) in [5.41, 5.74) is -0.527.